The van der Waals surface area contributed by atoms with E-state index in [1.807, 2.05) is 35.7 Å². The lowest BCUT2D eigenvalue weighted by Crippen LogP contribution is -2.05. The van der Waals surface area contributed by atoms with Crippen molar-refractivity contribution >= 4 is 22.9 Å². The summed E-state index contributed by atoms with van der Waals surface area (Å²) in [5, 5.41) is 15.1. The summed E-state index contributed by atoms with van der Waals surface area (Å²) in [6.07, 6.45) is 0. The van der Waals surface area contributed by atoms with Gasteiger partial charge < -0.3 is 10.4 Å². The van der Waals surface area contributed by atoms with Crippen LogP contribution < -0.4 is 5.32 Å². The van der Waals surface area contributed by atoms with Gasteiger partial charge in [0, 0.05) is 29.1 Å². The Morgan fingerprint density at radius 2 is 1.91 bits per heavy atom. The zero-order valence-corrected chi connectivity index (χ0v) is 12.7. The van der Waals surface area contributed by atoms with Crippen LogP contribution in [-0.2, 0) is 4.79 Å². The molecule has 0 saturated heterocycles. The van der Waals surface area contributed by atoms with E-state index in [2.05, 4.69) is 10.3 Å². The van der Waals surface area contributed by atoms with Crippen LogP contribution >= 0.6 is 11.3 Å². The van der Waals surface area contributed by atoms with Crippen LogP contribution in [0.3, 0.4) is 0 Å². The quantitative estimate of drug-likeness (QED) is 0.764. The number of benzene rings is 2. The molecule has 1 heterocycles. The first kappa shape index (κ1) is 14.3. The SMILES string of the molecule is CC(=O)Nc1ccc(-c2csc(-c3cccc(O)c3)n2)cc1. The first-order chi connectivity index (χ1) is 10.6. The van der Waals surface area contributed by atoms with Crippen LogP contribution in [0.25, 0.3) is 21.8 Å². The minimum absolute atomic E-state index is 0.0902. The largest absolute Gasteiger partial charge is 0.508 e. The van der Waals surface area contributed by atoms with Crippen LogP contribution in [0.2, 0.25) is 0 Å². The highest BCUT2D eigenvalue weighted by molar-refractivity contribution is 7.13. The Balaban J connectivity index is 1.86. The summed E-state index contributed by atoms with van der Waals surface area (Å²) in [4.78, 5) is 15.6. The van der Waals surface area contributed by atoms with Crippen molar-refractivity contribution in [2.75, 3.05) is 5.32 Å². The van der Waals surface area contributed by atoms with Gasteiger partial charge in [0.15, 0.2) is 0 Å². The van der Waals surface area contributed by atoms with Crippen molar-refractivity contribution in [3.8, 4) is 27.6 Å². The van der Waals surface area contributed by atoms with Crippen molar-refractivity contribution in [1.82, 2.24) is 4.98 Å². The highest BCUT2D eigenvalue weighted by atomic mass is 32.1. The number of phenolic OH excluding ortho intramolecular Hbond substituents is 1. The number of amides is 1. The van der Waals surface area contributed by atoms with Crippen LogP contribution in [0.5, 0.6) is 5.75 Å². The van der Waals surface area contributed by atoms with Gasteiger partial charge in [0.1, 0.15) is 10.8 Å². The molecule has 0 bridgehead atoms. The molecule has 0 saturated carbocycles. The first-order valence-corrected chi connectivity index (χ1v) is 7.63. The second-order valence-corrected chi connectivity index (χ2v) is 5.70. The molecular weight excluding hydrogens is 296 g/mol. The van der Waals surface area contributed by atoms with Gasteiger partial charge in [0.25, 0.3) is 0 Å². The summed E-state index contributed by atoms with van der Waals surface area (Å²) < 4.78 is 0. The molecule has 0 spiro atoms. The molecule has 2 aromatic carbocycles. The molecule has 1 aromatic heterocycles. The van der Waals surface area contributed by atoms with Crippen LogP contribution in [0.15, 0.2) is 53.9 Å². The van der Waals surface area contributed by atoms with E-state index in [-0.39, 0.29) is 11.7 Å². The van der Waals surface area contributed by atoms with E-state index in [1.54, 1.807) is 18.2 Å². The van der Waals surface area contributed by atoms with Gasteiger partial charge in [-0.25, -0.2) is 4.98 Å². The molecule has 3 rings (SSSR count). The number of aromatic nitrogens is 1. The van der Waals surface area contributed by atoms with E-state index >= 15 is 0 Å². The predicted octanol–water partition coefficient (Wildman–Crippen LogP) is 4.14. The average Bonchev–Trinajstić information content (AvgIpc) is 2.97. The minimum atomic E-state index is -0.0902. The summed E-state index contributed by atoms with van der Waals surface area (Å²) in [7, 11) is 0. The Morgan fingerprint density at radius 3 is 2.59 bits per heavy atom. The lowest BCUT2D eigenvalue weighted by Gasteiger charge is -2.02. The fourth-order valence-electron chi connectivity index (χ4n) is 2.11. The number of aromatic hydroxyl groups is 1. The van der Waals surface area contributed by atoms with Crippen molar-refractivity contribution < 1.29 is 9.90 Å². The standard InChI is InChI=1S/C17H14N2O2S/c1-11(20)18-14-7-5-12(6-8-14)16-10-22-17(19-16)13-3-2-4-15(21)9-13/h2-10,21H,1H3,(H,18,20). The third kappa shape index (κ3) is 3.15. The summed E-state index contributed by atoms with van der Waals surface area (Å²) in [5.41, 5.74) is 3.51. The Morgan fingerprint density at radius 1 is 1.14 bits per heavy atom. The normalized spacial score (nSPS) is 10.4. The molecule has 3 aromatic rings. The Kier molecular flexibility index (Phi) is 3.89. The topological polar surface area (TPSA) is 62.2 Å². The third-order valence-electron chi connectivity index (χ3n) is 3.10. The summed E-state index contributed by atoms with van der Waals surface area (Å²) in [5.74, 6) is 0.140. The molecule has 4 nitrogen and oxygen atoms in total. The number of rotatable bonds is 3. The highest BCUT2D eigenvalue weighted by Crippen LogP contribution is 2.30. The maximum Gasteiger partial charge on any atom is 0.221 e. The Hall–Kier alpha value is -2.66. The fourth-order valence-corrected chi connectivity index (χ4v) is 2.93. The number of carbonyl (C=O) groups is 1. The number of hydrogen-bond donors (Lipinski definition) is 2. The van der Waals surface area contributed by atoms with Gasteiger partial charge in [-0.05, 0) is 24.3 Å². The van der Waals surface area contributed by atoms with Crippen molar-refractivity contribution in [2.24, 2.45) is 0 Å². The number of anilines is 1. The number of phenols is 1. The second-order valence-electron chi connectivity index (χ2n) is 4.85. The highest BCUT2D eigenvalue weighted by Gasteiger charge is 2.07. The second kappa shape index (κ2) is 5.99. The average molecular weight is 310 g/mol. The molecule has 0 unspecified atom stereocenters. The van der Waals surface area contributed by atoms with Crippen molar-refractivity contribution in [1.29, 1.82) is 0 Å². The van der Waals surface area contributed by atoms with Crippen molar-refractivity contribution in [2.45, 2.75) is 6.92 Å². The molecule has 0 atom stereocenters. The summed E-state index contributed by atoms with van der Waals surface area (Å²) in [6.45, 7) is 1.48. The van der Waals surface area contributed by atoms with Crippen LogP contribution in [0.1, 0.15) is 6.92 Å². The smallest absolute Gasteiger partial charge is 0.221 e. The first-order valence-electron chi connectivity index (χ1n) is 6.75. The van der Waals surface area contributed by atoms with Crippen molar-refractivity contribution in [3.05, 3.63) is 53.9 Å². The van der Waals surface area contributed by atoms with Gasteiger partial charge in [-0.15, -0.1) is 11.3 Å². The van der Waals surface area contributed by atoms with Gasteiger partial charge in [0.05, 0.1) is 5.69 Å². The van der Waals surface area contributed by atoms with Gasteiger partial charge >= 0.3 is 0 Å². The molecular formula is C17H14N2O2S. The molecule has 1 amide bonds. The van der Waals surface area contributed by atoms with Gasteiger partial charge in [-0.2, -0.15) is 0 Å². The summed E-state index contributed by atoms with van der Waals surface area (Å²) >= 11 is 1.53. The molecule has 5 heteroatoms. The molecule has 0 radical (unpaired) electrons. The maximum absolute atomic E-state index is 11.0. The molecule has 22 heavy (non-hydrogen) atoms. The Labute approximate surface area is 132 Å². The lowest BCUT2D eigenvalue weighted by molar-refractivity contribution is -0.114. The summed E-state index contributed by atoms with van der Waals surface area (Å²) in [6, 6.07) is 14.6. The number of nitrogens with zero attached hydrogens (tertiary/aromatic N) is 1. The van der Waals surface area contributed by atoms with E-state index in [0.29, 0.717) is 0 Å². The maximum atomic E-state index is 11.0. The third-order valence-corrected chi connectivity index (χ3v) is 3.99. The molecule has 0 aliphatic carbocycles. The van der Waals surface area contributed by atoms with E-state index in [0.717, 1.165) is 27.5 Å². The fraction of sp³-hybridized carbons (Fsp3) is 0.0588. The van der Waals surface area contributed by atoms with Crippen LogP contribution in [0.4, 0.5) is 5.69 Å². The van der Waals surface area contributed by atoms with Gasteiger partial charge in [-0.3, -0.25) is 4.79 Å². The Bertz CT molecular complexity index is 810. The van der Waals surface area contributed by atoms with Gasteiger partial charge in [-0.1, -0.05) is 24.3 Å². The van der Waals surface area contributed by atoms with Crippen LogP contribution in [0, 0.1) is 0 Å². The number of hydrogen-bond acceptors (Lipinski definition) is 4. The molecule has 2 N–H and O–H groups in total. The van der Waals surface area contributed by atoms with Crippen molar-refractivity contribution in [3.63, 3.8) is 0 Å². The van der Waals surface area contributed by atoms with Crippen LogP contribution in [-0.4, -0.2) is 16.0 Å². The minimum Gasteiger partial charge on any atom is -0.508 e. The molecule has 0 fully saturated rings. The molecule has 0 aliphatic heterocycles. The molecule has 110 valence electrons. The van der Waals surface area contributed by atoms with E-state index in [4.69, 9.17) is 0 Å². The molecule has 0 aliphatic rings. The van der Waals surface area contributed by atoms with E-state index in [1.165, 1.54) is 18.3 Å². The van der Waals surface area contributed by atoms with E-state index < -0.39 is 0 Å². The lowest BCUT2D eigenvalue weighted by atomic mass is 10.1. The number of carbonyl (C=O) groups excluding carboxylic acids is 1. The predicted molar refractivity (Wildman–Crippen MR) is 89.0 cm³/mol. The monoisotopic (exact) mass is 310 g/mol. The van der Waals surface area contributed by atoms with Gasteiger partial charge in [0.2, 0.25) is 5.91 Å². The zero-order valence-electron chi connectivity index (χ0n) is 11.9. The number of thiazole rings is 1. The number of nitrogens with one attached hydrogen (secondary N) is 1. The zero-order chi connectivity index (χ0) is 15.5. The van der Waals surface area contributed by atoms with E-state index in [9.17, 15) is 9.90 Å².